The number of nitrogens with zero attached hydrogens (tertiary/aromatic N) is 2. The van der Waals surface area contributed by atoms with Crippen LogP contribution in [-0.4, -0.2) is 29.2 Å². The van der Waals surface area contributed by atoms with Crippen molar-refractivity contribution in [2.24, 2.45) is 7.05 Å². The minimum atomic E-state index is -0.419. The molecule has 1 heterocycles. The third kappa shape index (κ3) is 4.96. The summed E-state index contributed by atoms with van der Waals surface area (Å²) >= 11 is 6.03. The van der Waals surface area contributed by atoms with Crippen LogP contribution in [0.25, 0.3) is 0 Å². The molecule has 3 aromatic rings. The fourth-order valence-electron chi connectivity index (χ4n) is 3.07. The SMILES string of the molecule is CCOCc1cc(C(=O)N[C@@H](c2ccc(Cl)cc2)c2nccn2C)ccc1OC. The maximum atomic E-state index is 13.1. The molecule has 6 nitrogen and oxygen atoms in total. The molecule has 2 aromatic carbocycles. The molecule has 0 bridgehead atoms. The topological polar surface area (TPSA) is 65.4 Å². The van der Waals surface area contributed by atoms with Gasteiger partial charge in [-0.1, -0.05) is 23.7 Å². The van der Waals surface area contributed by atoms with E-state index in [0.717, 1.165) is 17.0 Å². The van der Waals surface area contributed by atoms with Gasteiger partial charge in [-0.15, -0.1) is 0 Å². The minimum Gasteiger partial charge on any atom is -0.496 e. The van der Waals surface area contributed by atoms with Gasteiger partial charge < -0.3 is 19.4 Å². The number of imidazole rings is 1. The first kappa shape index (κ1) is 20.9. The van der Waals surface area contributed by atoms with Gasteiger partial charge in [0.2, 0.25) is 0 Å². The molecular formula is C22H24ClN3O3. The van der Waals surface area contributed by atoms with E-state index in [1.807, 2.05) is 36.9 Å². The minimum absolute atomic E-state index is 0.214. The van der Waals surface area contributed by atoms with Gasteiger partial charge >= 0.3 is 0 Å². The highest BCUT2D eigenvalue weighted by atomic mass is 35.5. The Morgan fingerprint density at radius 2 is 2.00 bits per heavy atom. The lowest BCUT2D eigenvalue weighted by Crippen LogP contribution is -2.31. The number of nitrogens with one attached hydrogen (secondary N) is 1. The average Bonchev–Trinajstić information content (AvgIpc) is 3.16. The van der Waals surface area contributed by atoms with Crippen LogP contribution >= 0.6 is 11.6 Å². The molecule has 1 atom stereocenters. The molecule has 0 aliphatic heterocycles. The fraction of sp³-hybridized carbons (Fsp3) is 0.273. The number of aryl methyl sites for hydroxylation is 1. The van der Waals surface area contributed by atoms with Crippen LogP contribution in [0.1, 0.15) is 40.3 Å². The molecule has 0 saturated heterocycles. The van der Waals surface area contributed by atoms with E-state index in [1.165, 1.54) is 0 Å². The largest absolute Gasteiger partial charge is 0.496 e. The van der Waals surface area contributed by atoms with Crippen molar-refractivity contribution >= 4 is 17.5 Å². The van der Waals surface area contributed by atoms with Gasteiger partial charge in [0.15, 0.2) is 0 Å². The second-order valence-corrected chi connectivity index (χ2v) is 6.95. The lowest BCUT2D eigenvalue weighted by molar-refractivity contribution is 0.0940. The Morgan fingerprint density at radius 1 is 1.24 bits per heavy atom. The van der Waals surface area contributed by atoms with E-state index in [0.29, 0.717) is 29.5 Å². The van der Waals surface area contributed by atoms with Gasteiger partial charge in [0, 0.05) is 42.2 Å². The van der Waals surface area contributed by atoms with E-state index in [-0.39, 0.29) is 5.91 Å². The number of methoxy groups -OCH3 is 1. The van der Waals surface area contributed by atoms with Crippen LogP contribution in [0.5, 0.6) is 5.75 Å². The first-order chi connectivity index (χ1) is 14.0. The molecule has 0 radical (unpaired) electrons. The van der Waals surface area contributed by atoms with Crippen molar-refractivity contribution in [3.63, 3.8) is 0 Å². The molecule has 1 aromatic heterocycles. The van der Waals surface area contributed by atoms with E-state index in [9.17, 15) is 4.79 Å². The quantitative estimate of drug-likeness (QED) is 0.602. The van der Waals surface area contributed by atoms with Gasteiger partial charge in [0.05, 0.1) is 13.7 Å². The van der Waals surface area contributed by atoms with Crippen LogP contribution in [0.2, 0.25) is 5.02 Å². The van der Waals surface area contributed by atoms with Crippen molar-refractivity contribution in [1.29, 1.82) is 0 Å². The van der Waals surface area contributed by atoms with Gasteiger partial charge in [0.1, 0.15) is 17.6 Å². The Hall–Kier alpha value is -2.83. The number of rotatable bonds is 8. The van der Waals surface area contributed by atoms with Crippen LogP contribution in [0, 0.1) is 0 Å². The zero-order valence-corrected chi connectivity index (χ0v) is 17.4. The molecule has 0 fully saturated rings. The van der Waals surface area contributed by atoms with Gasteiger partial charge in [-0.25, -0.2) is 4.98 Å². The third-order valence-corrected chi connectivity index (χ3v) is 4.85. The number of hydrogen-bond acceptors (Lipinski definition) is 4. The Morgan fingerprint density at radius 3 is 2.62 bits per heavy atom. The van der Waals surface area contributed by atoms with Gasteiger partial charge in [-0.2, -0.15) is 0 Å². The molecular weight excluding hydrogens is 390 g/mol. The number of hydrogen-bond donors (Lipinski definition) is 1. The van der Waals surface area contributed by atoms with Crippen LogP contribution < -0.4 is 10.1 Å². The van der Waals surface area contributed by atoms with Crippen LogP contribution in [-0.2, 0) is 18.4 Å². The van der Waals surface area contributed by atoms with Gasteiger partial charge in [-0.05, 0) is 42.8 Å². The molecule has 3 rings (SSSR count). The zero-order valence-electron chi connectivity index (χ0n) is 16.7. The lowest BCUT2D eigenvalue weighted by Gasteiger charge is -2.20. The first-order valence-corrected chi connectivity index (χ1v) is 9.69. The van der Waals surface area contributed by atoms with E-state index in [1.54, 1.807) is 43.6 Å². The summed E-state index contributed by atoms with van der Waals surface area (Å²) in [6, 6.07) is 12.3. The van der Waals surface area contributed by atoms with Crippen molar-refractivity contribution < 1.29 is 14.3 Å². The Balaban J connectivity index is 1.90. The molecule has 29 heavy (non-hydrogen) atoms. The van der Waals surface area contributed by atoms with Crippen LogP contribution in [0.3, 0.4) is 0 Å². The Bertz CT molecular complexity index is 970. The summed E-state index contributed by atoms with van der Waals surface area (Å²) in [7, 11) is 3.49. The van der Waals surface area contributed by atoms with E-state index in [2.05, 4.69) is 10.3 Å². The van der Waals surface area contributed by atoms with Crippen molar-refractivity contribution in [2.75, 3.05) is 13.7 Å². The highest BCUT2D eigenvalue weighted by Crippen LogP contribution is 2.25. The first-order valence-electron chi connectivity index (χ1n) is 9.31. The number of carbonyl (C=O) groups excluding carboxylic acids is 1. The summed E-state index contributed by atoms with van der Waals surface area (Å²) in [6.45, 7) is 2.88. The predicted molar refractivity (Wildman–Crippen MR) is 112 cm³/mol. The molecule has 0 spiro atoms. The van der Waals surface area contributed by atoms with E-state index in [4.69, 9.17) is 21.1 Å². The molecule has 1 N–H and O–H groups in total. The van der Waals surface area contributed by atoms with Crippen LogP contribution in [0.4, 0.5) is 0 Å². The summed E-state index contributed by atoms with van der Waals surface area (Å²) in [4.78, 5) is 17.5. The maximum absolute atomic E-state index is 13.1. The number of ether oxygens (including phenoxy) is 2. The number of carbonyl (C=O) groups is 1. The zero-order chi connectivity index (χ0) is 20.8. The summed E-state index contributed by atoms with van der Waals surface area (Å²) < 4.78 is 12.8. The molecule has 7 heteroatoms. The average molecular weight is 414 g/mol. The number of amides is 1. The Labute approximate surface area is 175 Å². The molecule has 0 unspecified atom stereocenters. The van der Waals surface area contributed by atoms with E-state index >= 15 is 0 Å². The second-order valence-electron chi connectivity index (χ2n) is 6.52. The lowest BCUT2D eigenvalue weighted by atomic mass is 10.0. The molecule has 0 aliphatic rings. The number of benzene rings is 2. The summed E-state index contributed by atoms with van der Waals surface area (Å²) in [5, 5.41) is 3.72. The third-order valence-electron chi connectivity index (χ3n) is 4.60. The smallest absolute Gasteiger partial charge is 0.252 e. The fourth-order valence-corrected chi connectivity index (χ4v) is 3.19. The highest BCUT2D eigenvalue weighted by Gasteiger charge is 2.22. The highest BCUT2D eigenvalue weighted by molar-refractivity contribution is 6.30. The van der Waals surface area contributed by atoms with Crippen LogP contribution in [0.15, 0.2) is 54.9 Å². The van der Waals surface area contributed by atoms with Crippen molar-refractivity contribution in [2.45, 2.75) is 19.6 Å². The maximum Gasteiger partial charge on any atom is 0.252 e. The number of aromatic nitrogens is 2. The molecule has 0 aliphatic carbocycles. The normalized spacial score (nSPS) is 11.9. The Kier molecular flexibility index (Phi) is 6.90. The predicted octanol–water partition coefficient (Wildman–Crippen LogP) is 4.14. The monoisotopic (exact) mass is 413 g/mol. The summed E-state index contributed by atoms with van der Waals surface area (Å²) in [5.74, 6) is 1.20. The summed E-state index contributed by atoms with van der Waals surface area (Å²) in [5.41, 5.74) is 2.23. The molecule has 1 amide bonds. The molecule has 0 saturated carbocycles. The van der Waals surface area contributed by atoms with Crippen molar-refractivity contribution in [1.82, 2.24) is 14.9 Å². The number of halogens is 1. The second kappa shape index (κ2) is 9.58. The van der Waals surface area contributed by atoms with Crippen molar-refractivity contribution in [3.8, 4) is 5.75 Å². The van der Waals surface area contributed by atoms with E-state index < -0.39 is 6.04 Å². The molecule has 152 valence electrons. The van der Waals surface area contributed by atoms with Gasteiger partial charge in [-0.3, -0.25) is 4.79 Å². The van der Waals surface area contributed by atoms with Crippen molar-refractivity contribution in [3.05, 3.63) is 82.4 Å². The standard InChI is InChI=1S/C22H24ClN3O3/c1-4-29-14-17-13-16(7-10-19(17)28-3)22(27)25-20(21-24-11-12-26(21)2)15-5-8-18(23)9-6-15/h5-13,20H,4,14H2,1-3H3,(H,25,27)/t20-/m0/s1. The summed E-state index contributed by atoms with van der Waals surface area (Å²) in [6.07, 6.45) is 3.55. The van der Waals surface area contributed by atoms with Gasteiger partial charge in [0.25, 0.3) is 5.91 Å².